The van der Waals surface area contributed by atoms with E-state index in [1.807, 2.05) is 13.2 Å². The van der Waals surface area contributed by atoms with Gasteiger partial charge in [-0.3, -0.25) is 0 Å². The molecule has 0 fully saturated rings. The fourth-order valence-electron chi connectivity index (χ4n) is 1.35. The average molecular weight is 304 g/mol. The molecule has 2 atom stereocenters. The number of hydrogen-bond acceptors (Lipinski definition) is 7. The van der Waals surface area contributed by atoms with Crippen molar-refractivity contribution in [3.8, 4) is 0 Å². The lowest BCUT2D eigenvalue weighted by molar-refractivity contribution is 0.722. The van der Waals surface area contributed by atoms with Crippen LogP contribution in [0.5, 0.6) is 0 Å². The van der Waals surface area contributed by atoms with Gasteiger partial charge in [-0.1, -0.05) is 34.9 Å². The Bertz CT molecular complexity index is 452. The van der Waals surface area contributed by atoms with E-state index in [0.717, 1.165) is 8.68 Å². The van der Waals surface area contributed by atoms with Crippen LogP contribution in [0.1, 0.15) is 17.7 Å². The molecular weight excluding hydrogens is 290 g/mol. The number of nitrogens with two attached hydrogens (primary N) is 1. The second-order valence-corrected chi connectivity index (χ2v) is 7.69. The van der Waals surface area contributed by atoms with E-state index in [2.05, 4.69) is 27.0 Å². The molecule has 0 aliphatic rings. The van der Waals surface area contributed by atoms with Gasteiger partial charge in [-0.05, 0) is 35.6 Å². The molecule has 17 heavy (non-hydrogen) atoms. The standard InChI is InChI=1S/C10H13N3S4/c1-6(11)8(7-3-4-15-5-7)16-10-13-12-9(14-2)17-10/h3-6,8H,11H2,1-2H3. The number of aromatic nitrogens is 2. The zero-order valence-electron chi connectivity index (χ0n) is 9.49. The number of nitrogens with zero attached hydrogens (tertiary/aromatic N) is 2. The predicted octanol–water partition coefficient (Wildman–Crippen LogP) is 3.50. The molecule has 0 saturated carbocycles. The average Bonchev–Trinajstić information content (AvgIpc) is 2.96. The first kappa shape index (κ1) is 13.4. The van der Waals surface area contributed by atoms with Crippen LogP contribution in [0.15, 0.2) is 25.5 Å². The second-order valence-electron chi connectivity index (χ2n) is 3.49. The van der Waals surface area contributed by atoms with Crippen molar-refractivity contribution in [3.63, 3.8) is 0 Å². The molecule has 2 unspecified atom stereocenters. The fraction of sp³-hybridized carbons (Fsp3) is 0.400. The summed E-state index contributed by atoms with van der Waals surface area (Å²) in [6, 6.07) is 2.22. The van der Waals surface area contributed by atoms with E-state index in [1.54, 1.807) is 46.2 Å². The van der Waals surface area contributed by atoms with E-state index in [9.17, 15) is 0 Å². The minimum atomic E-state index is 0.0937. The zero-order valence-corrected chi connectivity index (χ0v) is 12.8. The van der Waals surface area contributed by atoms with Gasteiger partial charge in [0.1, 0.15) is 0 Å². The number of thioether (sulfide) groups is 2. The Balaban J connectivity index is 2.13. The quantitative estimate of drug-likeness (QED) is 0.857. The molecule has 92 valence electrons. The maximum atomic E-state index is 6.05. The number of hydrogen-bond donors (Lipinski definition) is 1. The topological polar surface area (TPSA) is 51.8 Å². The van der Waals surface area contributed by atoms with Crippen LogP contribution in [-0.2, 0) is 0 Å². The molecule has 3 nitrogen and oxygen atoms in total. The summed E-state index contributed by atoms with van der Waals surface area (Å²) in [4.78, 5) is 0. The molecule has 0 amide bonds. The summed E-state index contributed by atoms with van der Waals surface area (Å²) >= 11 is 6.66. The van der Waals surface area contributed by atoms with Crippen LogP contribution in [0.25, 0.3) is 0 Å². The van der Waals surface area contributed by atoms with Gasteiger partial charge in [-0.2, -0.15) is 11.3 Å². The van der Waals surface area contributed by atoms with E-state index in [1.165, 1.54) is 5.56 Å². The molecule has 2 heterocycles. The number of thiophene rings is 1. The Kier molecular flexibility index (Phi) is 4.87. The van der Waals surface area contributed by atoms with Crippen molar-refractivity contribution in [2.75, 3.05) is 6.26 Å². The summed E-state index contributed by atoms with van der Waals surface area (Å²) < 4.78 is 1.99. The van der Waals surface area contributed by atoms with Gasteiger partial charge in [0.15, 0.2) is 8.68 Å². The Labute approximate surface area is 117 Å². The van der Waals surface area contributed by atoms with Crippen LogP contribution >= 0.6 is 46.2 Å². The molecule has 0 radical (unpaired) electrons. The molecular formula is C10H13N3S4. The molecule has 7 heteroatoms. The highest BCUT2D eigenvalue weighted by Gasteiger charge is 2.20. The van der Waals surface area contributed by atoms with Gasteiger partial charge in [0.2, 0.25) is 0 Å². The van der Waals surface area contributed by atoms with Crippen molar-refractivity contribution in [3.05, 3.63) is 22.4 Å². The normalized spacial score (nSPS) is 14.8. The third-order valence-corrected chi connectivity index (χ3v) is 6.31. The summed E-state index contributed by atoms with van der Waals surface area (Å²) in [5.41, 5.74) is 7.32. The Morgan fingerprint density at radius 1 is 1.35 bits per heavy atom. The molecule has 0 bridgehead atoms. The zero-order chi connectivity index (χ0) is 12.3. The summed E-state index contributed by atoms with van der Waals surface area (Å²) in [6.07, 6.45) is 2.01. The SMILES string of the molecule is CSc1nnc(SC(c2ccsc2)C(C)N)s1. The lowest BCUT2D eigenvalue weighted by Crippen LogP contribution is -2.22. The van der Waals surface area contributed by atoms with E-state index < -0.39 is 0 Å². The molecule has 0 aromatic carbocycles. The predicted molar refractivity (Wildman–Crippen MR) is 78.3 cm³/mol. The van der Waals surface area contributed by atoms with Crippen molar-refractivity contribution in [2.24, 2.45) is 5.73 Å². The Hall–Kier alpha value is -0.0800. The summed E-state index contributed by atoms with van der Waals surface area (Å²) in [7, 11) is 0. The van der Waals surface area contributed by atoms with Crippen LogP contribution in [0.4, 0.5) is 0 Å². The van der Waals surface area contributed by atoms with Gasteiger partial charge in [0.25, 0.3) is 0 Å². The lowest BCUT2D eigenvalue weighted by Gasteiger charge is -2.17. The largest absolute Gasteiger partial charge is 0.327 e. The van der Waals surface area contributed by atoms with Crippen molar-refractivity contribution in [1.82, 2.24) is 10.2 Å². The molecule has 2 aromatic heterocycles. The first-order valence-electron chi connectivity index (χ1n) is 5.02. The van der Waals surface area contributed by atoms with Crippen LogP contribution in [-0.4, -0.2) is 22.5 Å². The van der Waals surface area contributed by atoms with Crippen LogP contribution in [0, 0.1) is 0 Å². The first-order valence-corrected chi connectivity index (χ1v) is 8.89. The van der Waals surface area contributed by atoms with Crippen LogP contribution < -0.4 is 5.73 Å². The lowest BCUT2D eigenvalue weighted by atomic mass is 10.1. The molecule has 0 saturated heterocycles. The van der Waals surface area contributed by atoms with Gasteiger partial charge >= 0.3 is 0 Å². The fourth-order valence-corrected chi connectivity index (χ4v) is 4.84. The van der Waals surface area contributed by atoms with Gasteiger partial charge in [-0.25, -0.2) is 0 Å². The summed E-state index contributed by atoms with van der Waals surface area (Å²) in [5, 5.41) is 12.8. The Morgan fingerprint density at radius 2 is 2.12 bits per heavy atom. The van der Waals surface area contributed by atoms with Crippen molar-refractivity contribution in [2.45, 2.75) is 26.9 Å². The second kappa shape index (κ2) is 6.19. The first-order chi connectivity index (χ1) is 8.20. The molecule has 2 aromatic rings. The monoisotopic (exact) mass is 303 g/mol. The third-order valence-electron chi connectivity index (χ3n) is 2.14. The third kappa shape index (κ3) is 3.45. The van der Waals surface area contributed by atoms with E-state index in [4.69, 9.17) is 5.73 Å². The van der Waals surface area contributed by atoms with E-state index in [0.29, 0.717) is 0 Å². The summed E-state index contributed by atoms with van der Waals surface area (Å²) in [5.74, 6) is 0. The minimum absolute atomic E-state index is 0.0937. The van der Waals surface area contributed by atoms with Gasteiger partial charge in [-0.15, -0.1) is 10.2 Å². The number of rotatable bonds is 5. The molecule has 0 spiro atoms. The van der Waals surface area contributed by atoms with Gasteiger partial charge < -0.3 is 5.73 Å². The minimum Gasteiger partial charge on any atom is -0.327 e. The van der Waals surface area contributed by atoms with E-state index in [-0.39, 0.29) is 11.3 Å². The highest BCUT2D eigenvalue weighted by Crippen LogP contribution is 2.40. The maximum Gasteiger partial charge on any atom is 0.175 e. The van der Waals surface area contributed by atoms with Crippen molar-refractivity contribution >= 4 is 46.2 Å². The highest BCUT2D eigenvalue weighted by atomic mass is 32.2. The molecule has 2 rings (SSSR count). The van der Waals surface area contributed by atoms with Crippen LogP contribution in [0.3, 0.4) is 0 Å². The smallest absolute Gasteiger partial charge is 0.175 e. The summed E-state index contributed by atoms with van der Waals surface area (Å²) in [6.45, 7) is 2.03. The Morgan fingerprint density at radius 3 is 2.65 bits per heavy atom. The van der Waals surface area contributed by atoms with Gasteiger partial charge in [0, 0.05) is 6.04 Å². The van der Waals surface area contributed by atoms with E-state index >= 15 is 0 Å². The maximum absolute atomic E-state index is 6.05. The molecule has 2 N–H and O–H groups in total. The van der Waals surface area contributed by atoms with Gasteiger partial charge in [0.05, 0.1) is 5.25 Å². The molecule has 0 aliphatic heterocycles. The van der Waals surface area contributed by atoms with Crippen LogP contribution in [0.2, 0.25) is 0 Å². The van der Waals surface area contributed by atoms with Crippen molar-refractivity contribution in [1.29, 1.82) is 0 Å². The van der Waals surface area contributed by atoms with Crippen molar-refractivity contribution < 1.29 is 0 Å². The molecule has 0 aliphatic carbocycles. The highest BCUT2D eigenvalue weighted by molar-refractivity contribution is 8.03.